The molecule has 0 aliphatic heterocycles. The number of nitrogens with zero attached hydrogens (tertiary/aromatic N) is 2. The summed E-state index contributed by atoms with van der Waals surface area (Å²) in [5.41, 5.74) is 4.52. The summed E-state index contributed by atoms with van der Waals surface area (Å²) in [4.78, 5) is 17.5. The largest absolute Gasteiger partial charge is 0.494 e. The highest BCUT2D eigenvalue weighted by Gasteiger charge is 2.21. The quantitative estimate of drug-likeness (QED) is 0.369. The van der Waals surface area contributed by atoms with Gasteiger partial charge in [0.05, 0.1) is 23.7 Å². The van der Waals surface area contributed by atoms with Gasteiger partial charge in [-0.1, -0.05) is 32.0 Å². The Balaban J connectivity index is 1.65. The molecule has 1 unspecified atom stereocenters. The van der Waals surface area contributed by atoms with Crippen LogP contribution in [0.1, 0.15) is 69.4 Å². The van der Waals surface area contributed by atoms with E-state index >= 15 is 0 Å². The molecule has 0 aliphatic rings. The number of rotatable bonds is 11. The maximum absolute atomic E-state index is 12.6. The van der Waals surface area contributed by atoms with E-state index in [2.05, 4.69) is 61.8 Å². The van der Waals surface area contributed by atoms with Gasteiger partial charge in [0, 0.05) is 12.5 Å². The monoisotopic (exact) mass is 435 g/mol. The fraction of sp³-hybridized carbons (Fsp3) is 0.481. The van der Waals surface area contributed by atoms with Crippen molar-refractivity contribution >= 4 is 16.9 Å². The first-order valence-corrected chi connectivity index (χ1v) is 11.9. The molecule has 1 amide bonds. The number of carbonyl (C=O) groups is 1. The molecule has 0 spiro atoms. The zero-order valence-corrected chi connectivity index (χ0v) is 20.1. The molecule has 0 aliphatic carbocycles. The lowest BCUT2D eigenvalue weighted by atomic mass is 10.0. The highest BCUT2D eigenvalue weighted by atomic mass is 16.5. The van der Waals surface area contributed by atoms with E-state index in [0.29, 0.717) is 6.61 Å². The van der Waals surface area contributed by atoms with Gasteiger partial charge < -0.3 is 14.6 Å². The summed E-state index contributed by atoms with van der Waals surface area (Å²) in [6.07, 6.45) is 3.64. The second kappa shape index (κ2) is 11.2. The molecule has 1 N–H and O–H groups in total. The Bertz CT molecular complexity index is 1020. The van der Waals surface area contributed by atoms with Crippen molar-refractivity contribution in [3.63, 3.8) is 0 Å². The third kappa shape index (κ3) is 5.90. The van der Waals surface area contributed by atoms with E-state index in [1.165, 1.54) is 11.1 Å². The summed E-state index contributed by atoms with van der Waals surface area (Å²) in [6.45, 7) is 11.9. The number of aromatic nitrogens is 2. The van der Waals surface area contributed by atoms with Gasteiger partial charge in [-0.15, -0.1) is 0 Å². The fourth-order valence-electron chi connectivity index (χ4n) is 4.29. The molecule has 1 heterocycles. The number of carbonyl (C=O) groups excluding carboxylic acids is 1. The van der Waals surface area contributed by atoms with Gasteiger partial charge in [-0.05, 0) is 81.8 Å². The van der Waals surface area contributed by atoms with Crippen molar-refractivity contribution in [1.82, 2.24) is 14.9 Å². The van der Waals surface area contributed by atoms with Crippen LogP contribution in [0.3, 0.4) is 0 Å². The van der Waals surface area contributed by atoms with Crippen molar-refractivity contribution in [2.75, 3.05) is 6.61 Å². The first-order chi connectivity index (χ1) is 15.4. The van der Waals surface area contributed by atoms with Gasteiger partial charge in [0.15, 0.2) is 0 Å². The molecule has 1 aromatic heterocycles. The number of hydrogen-bond acceptors (Lipinski definition) is 3. The van der Waals surface area contributed by atoms with Crippen molar-refractivity contribution in [3.8, 4) is 5.75 Å². The highest BCUT2D eigenvalue weighted by molar-refractivity contribution is 5.79. The van der Waals surface area contributed by atoms with E-state index in [1.807, 2.05) is 25.1 Å². The highest BCUT2D eigenvalue weighted by Crippen LogP contribution is 2.23. The molecule has 0 bridgehead atoms. The zero-order chi connectivity index (χ0) is 23.1. The number of aryl methyl sites for hydroxylation is 3. The van der Waals surface area contributed by atoms with E-state index in [1.54, 1.807) is 0 Å². The van der Waals surface area contributed by atoms with Crippen LogP contribution in [0.4, 0.5) is 0 Å². The molecule has 32 heavy (non-hydrogen) atoms. The van der Waals surface area contributed by atoms with Crippen molar-refractivity contribution in [3.05, 3.63) is 59.4 Å². The van der Waals surface area contributed by atoms with Gasteiger partial charge in [-0.2, -0.15) is 0 Å². The lowest BCUT2D eigenvalue weighted by Gasteiger charge is -2.19. The van der Waals surface area contributed by atoms with E-state index in [9.17, 15) is 4.79 Å². The van der Waals surface area contributed by atoms with E-state index in [0.717, 1.165) is 54.8 Å². The van der Waals surface area contributed by atoms with Crippen LogP contribution in [0.2, 0.25) is 0 Å². The number of benzene rings is 2. The van der Waals surface area contributed by atoms with Gasteiger partial charge in [0.25, 0.3) is 0 Å². The van der Waals surface area contributed by atoms with Crippen LogP contribution in [0.15, 0.2) is 42.5 Å². The molecule has 1 atom stereocenters. The standard InChI is InChI=1S/C27H37N3O2/c1-6-22(7-2)27(31)28-21(5)26-29-24-12-8-9-13-25(24)30(26)14-10-11-15-32-23-17-19(3)16-20(4)18-23/h8-9,12-13,16-18,21-22H,6-7,10-11,14-15H2,1-5H3,(H,28,31). The summed E-state index contributed by atoms with van der Waals surface area (Å²) >= 11 is 0. The van der Waals surface area contributed by atoms with Crippen molar-refractivity contribution in [2.45, 2.75) is 72.9 Å². The van der Waals surface area contributed by atoms with E-state index in [-0.39, 0.29) is 17.9 Å². The normalized spacial score (nSPS) is 12.3. The second-order valence-electron chi connectivity index (χ2n) is 8.73. The first-order valence-electron chi connectivity index (χ1n) is 11.9. The van der Waals surface area contributed by atoms with Crippen molar-refractivity contribution < 1.29 is 9.53 Å². The van der Waals surface area contributed by atoms with E-state index in [4.69, 9.17) is 9.72 Å². The number of imidazole rings is 1. The zero-order valence-electron chi connectivity index (χ0n) is 20.1. The Kier molecular flexibility index (Phi) is 8.32. The predicted octanol–water partition coefficient (Wildman–Crippen LogP) is 6.13. The minimum absolute atomic E-state index is 0.0534. The van der Waals surface area contributed by atoms with Crippen LogP contribution in [0, 0.1) is 19.8 Å². The van der Waals surface area contributed by atoms with Gasteiger partial charge in [-0.3, -0.25) is 4.79 Å². The number of fused-ring (bicyclic) bond motifs is 1. The van der Waals surface area contributed by atoms with Gasteiger partial charge in [-0.25, -0.2) is 4.98 Å². The Morgan fingerprint density at radius 1 is 1.06 bits per heavy atom. The predicted molar refractivity (Wildman–Crippen MR) is 131 cm³/mol. The molecule has 3 aromatic rings. The molecule has 0 radical (unpaired) electrons. The van der Waals surface area contributed by atoms with Crippen molar-refractivity contribution in [2.24, 2.45) is 5.92 Å². The number of amides is 1. The molecule has 2 aromatic carbocycles. The van der Waals surface area contributed by atoms with Crippen LogP contribution in [0.5, 0.6) is 5.75 Å². The Morgan fingerprint density at radius 2 is 1.75 bits per heavy atom. The van der Waals surface area contributed by atoms with Gasteiger partial charge in [0.1, 0.15) is 11.6 Å². The number of nitrogens with one attached hydrogen (secondary N) is 1. The van der Waals surface area contributed by atoms with Crippen LogP contribution in [-0.4, -0.2) is 22.1 Å². The van der Waals surface area contributed by atoms with E-state index < -0.39 is 0 Å². The van der Waals surface area contributed by atoms with Crippen LogP contribution in [-0.2, 0) is 11.3 Å². The number of para-hydroxylation sites is 2. The summed E-state index contributed by atoms with van der Waals surface area (Å²) in [5, 5.41) is 3.19. The summed E-state index contributed by atoms with van der Waals surface area (Å²) in [5.74, 6) is 2.02. The molecule has 0 saturated heterocycles. The van der Waals surface area contributed by atoms with Gasteiger partial charge in [0.2, 0.25) is 5.91 Å². The number of unbranched alkanes of at least 4 members (excludes halogenated alkanes) is 1. The molecular weight excluding hydrogens is 398 g/mol. The minimum atomic E-state index is -0.137. The SMILES string of the molecule is CCC(CC)C(=O)NC(C)c1nc2ccccc2n1CCCCOc1cc(C)cc(C)c1. The molecule has 0 saturated carbocycles. The molecule has 5 heteroatoms. The lowest BCUT2D eigenvalue weighted by molar-refractivity contribution is -0.125. The van der Waals surface area contributed by atoms with Crippen molar-refractivity contribution in [1.29, 1.82) is 0 Å². The molecule has 0 fully saturated rings. The molecule has 3 rings (SSSR count). The number of hydrogen-bond donors (Lipinski definition) is 1. The third-order valence-corrected chi connectivity index (χ3v) is 6.03. The maximum Gasteiger partial charge on any atom is 0.223 e. The minimum Gasteiger partial charge on any atom is -0.494 e. The maximum atomic E-state index is 12.6. The topological polar surface area (TPSA) is 56.2 Å². The lowest BCUT2D eigenvalue weighted by Crippen LogP contribution is -2.33. The summed E-state index contributed by atoms with van der Waals surface area (Å²) < 4.78 is 8.23. The fourth-order valence-corrected chi connectivity index (χ4v) is 4.29. The second-order valence-corrected chi connectivity index (χ2v) is 8.73. The van der Waals surface area contributed by atoms with Crippen LogP contribution >= 0.6 is 0 Å². The summed E-state index contributed by atoms with van der Waals surface area (Å²) in [7, 11) is 0. The van der Waals surface area contributed by atoms with Crippen LogP contribution in [0.25, 0.3) is 11.0 Å². The average Bonchev–Trinajstić information content (AvgIpc) is 3.12. The molecule has 172 valence electrons. The smallest absolute Gasteiger partial charge is 0.223 e. The number of ether oxygens (including phenoxy) is 1. The molecular formula is C27H37N3O2. The Morgan fingerprint density at radius 3 is 2.44 bits per heavy atom. The Hall–Kier alpha value is -2.82. The molecule has 5 nitrogen and oxygen atoms in total. The van der Waals surface area contributed by atoms with Crippen LogP contribution < -0.4 is 10.1 Å². The Labute approximate surface area is 192 Å². The summed E-state index contributed by atoms with van der Waals surface area (Å²) in [6, 6.07) is 14.4. The third-order valence-electron chi connectivity index (χ3n) is 6.03. The first kappa shape index (κ1) is 23.8. The van der Waals surface area contributed by atoms with Gasteiger partial charge >= 0.3 is 0 Å². The average molecular weight is 436 g/mol.